The van der Waals surface area contributed by atoms with Crippen LogP contribution in [-0.2, 0) is 11.2 Å². The van der Waals surface area contributed by atoms with Crippen LogP contribution in [0.3, 0.4) is 0 Å². The van der Waals surface area contributed by atoms with E-state index in [1.54, 1.807) is 23.1 Å². The molecule has 8 nitrogen and oxygen atoms in total. The molecule has 0 atom stereocenters. The Kier molecular flexibility index (Phi) is 4.73. The van der Waals surface area contributed by atoms with Crippen molar-refractivity contribution < 1.29 is 9.18 Å². The molecule has 1 amide bonds. The van der Waals surface area contributed by atoms with Gasteiger partial charge in [-0.05, 0) is 17.7 Å². The van der Waals surface area contributed by atoms with Crippen LogP contribution in [-0.4, -0.2) is 61.7 Å². The molecule has 1 saturated heterocycles. The highest BCUT2D eigenvalue weighted by Gasteiger charge is 2.22. The van der Waals surface area contributed by atoms with E-state index in [1.165, 1.54) is 24.8 Å². The molecule has 1 aromatic carbocycles. The summed E-state index contributed by atoms with van der Waals surface area (Å²) in [6.45, 7) is 2.59. The summed E-state index contributed by atoms with van der Waals surface area (Å²) < 4.78 is 14.6. The standard InChI is InChI=1S/C18H18FN7O/c19-15-3-1-14(2-4-15)9-18(27)25-7-5-24(6-8-25)16-10-17(22-12-21-16)26-13-20-11-23-26/h1-4,10-13H,5-9H2. The van der Waals surface area contributed by atoms with Gasteiger partial charge < -0.3 is 9.80 Å². The van der Waals surface area contributed by atoms with Crippen molar-refractivity contribution in [1.29, 1.82) is 0 Å². The fourth-order valence-corrected chi connectivity index (χ4v) is 3.04. The molecule has 4 rings (SSSR count). The summed E-state index contributed by atoms with van der Waals surface area (Å²) >= 11 is 0. The number of benzene rings is 1. The molecular weight excluding hydrogens is 349 g/mol. The maximum Gasteiger partial charge on any atom is 0.227 e. The van der Waals surface area contributed by atoms with Crippen molar-refractivity contribution in [3.05, 3.63) is 60.7 Å². The number of piperazine rings is 1. The van der Waals surface area contributed by atoms with Crippen LogP contribution < -0.4 is 4.90 Å². The Bertz CT molecular complexity index is 906. The molecule has 0 saturated carbocycles. The Labute approximate surface area is 155 Å². The van der Waals surface area contributed by atoms with Gasteiger partial charge in [-0.25, -0.2) is 24.0 Å². The van der Waals surface area contributed by atoms with E-state index in [0.717, 1.165) is 11.4 Å². The summed E-state index contributed by atoms with van der Waals surface area (Å²) in [6, 6.07) is 7.90. The molecule has 1 aliphatic rings. The molecule has 1 aliphatic heterocycles. The third-order valence-electron chi connectivity index (χ3n) is 4.52. The van der Waals surface area contributed by atoms with Gasteiger partial charge in [0.25, 0.3) is 0 Å². The van der Waals surface area contributed by atoms with Crippen LogP contribution in [0.5, 0.6) is 0 Å². The monoisotopic (exact) mass is 367 g/mol. The minimum Gasteiger partial charge on any atom is -0.353 e. The van der Waals surface area contributed by atoms with E-state index >= 15 is 0 Å². The molecule has 138 valence electrons. The zero-order chi connectivity index (χ0) is 18.6. The molecule has 3 aromatic rings. The van der Waals surface area contributed by atoms with Crippen LogP contribution in [0.2, 0.25) is 0 Å². The molecule has 9 heteroatoms. The van der Waals surface area contributed by atoms with Crippen molar-refractivity contribution in [2.24, 2.45) is 0 Å². The van der Waals surface area contributed by atoms with Crippen molar-refractivity contribution >= 4 is 11.7 Å². The first-order valence-corrected chi connectivity index (χ1v) is 8.63. The molecule has 0 aliphatic carbocycles. The number of carbonyl (C=O) groups excluding carboxylic acids is 1. The van der Waals surface area contributed by atoms with Gasteiger partial charge in [0.2, 0.25) is 5.91 Å². The lowest BCUT2D eigenvalue weighted by Gasteiger charge is -2.35. The zero-order valence-electron chi connectivity index (χ0n) is 14.6. The highest BCUT2D eigenvalue weighted by Crippen LogP contribution is 2.16. The number of rotatable bonds is 4. The van der Waals surface area contributed by atoms with Gasteiger partial charge in [0, 0.05) is 32.2 Å². The number of hydrogen-bond donors (Lipinski definition) is 0. The second-order valence-corrected chi connectivity index (χ2v) is 6.25. The van der Waals surface area contributed by atoms with Gasteiger partial charge in [0.05, 0.1) is 6.42 Å². The Hall–Kier alpha value is -3.36. The van der Waals surface area contributed by atoms with Crippen molar-refractivity contribution in [3.63, 3.8) is 0 Å². The van der Waals surface area contributed by atoms with Gasteiger partial charge >= 0.3 is 0 Å². The summed E-state index contributed by atoms with van der Waals surface area (Å²) in [5.41, 5.74) is 0.817. The van der Waals surface area contributed by atoms with E-state index < -0.39 is 0 Å². The molecule has 0 N–H and O–H groups in total. The first-order chi connectivity index (χ1) is 13.2. The second kappa shape index (κ2) is 7.48. The minimum absolute atomic E-state index is 0.0484. The number of nitrogens with zero attached hydrogens (tertiary/aromatic N) is 7. The van der Waals surface area contributed by atoms with Crippen LogP contribution in [0.4, 0.5) is 10.2 Å². The first-order valence-electron chi connectivity index (χ1n) is 8.63. The van der Waals surface area contributed by atoms with E-state index in [-0.39, 0.29) is 18.1 Å². The Morgan fingerprint density at radius 3 is 2.44 bits per heavy atom. The number of aromatic nitrogens is 5. The highest BCUT2D eigenvalue weighted by molar-refractivity contribution is 5.79. The SMILES string of the molecule is O=C(Cc1ccc(F)cc1)N1CCN(c2cc(-n3cncn3)ncn2)CC1. The van der Waals surface area contributed by atoms with E-state index in [4.69, 9.17) is 0 Å². The van der Waals surface area contributed by atoms with Crippen LogP contribution in [0.25, 0.3) is 5.82 Å². The Balaban J connectivity index is 1.37. The van der Waals surface area contributed by atoms with E-state index in [0.29, 0.717) is 32.0 Å². The normalized spacial score (nSPS) is 14.4. The molecule has 2 aromatic heterocycles. The zero-order valence-corrected chi connectivity index (χ0v) is 14.6. The quantitative estimate of drug-likeness (QED) is 0.687. The van der Waals surface area contributed by atoms with Gasteiger partial charge in [-0.15, -0.1) is 0 Å². The molecule has 0 bridgehead atoms. The summed E-state index contributed by atoms with van der Waals surface area (Å²) in [7, 11) is 0. The summed E-state index contributed by atoms with van der Waals surface area (Å²) in [5, 5.41) is 4.07. The van der Waals surface area contributed by atoms with Crippen LogP contribution in [0, 0.1) is 5.82 Å². The second-order valence-electron chi connectivity index (χ2n) is 6.25. The molecule has 0 radical (unpaired) electrons. The van der Waals surface area contributed by atoms with Crippen LogP contribution in [0.1, 0.15) is 5.56 Å². The molecule has 3 heterocycles. The average Bonchev–Trinajstić information content (AvgIpc) is 3.25. The van der Waals surface area contributed by atoms with Crippen molar-refractivity contribution in [1.82, 2.24) is 29.6 Å². The summed E-state index contributed by atoms with van der Waals surface area (Å²) in [5.74, 6) is 1.19. The lowest BCUT2D eigenvalue weighted by Crippen LogP contribution is -2.49. The number of anilines is 1. The molecular formula is C18H18FN7O. The third-order valence-corrected chi connectivity index (χ3v) is 4.52. The number of halogens is 1. The van der Waals surface area contributed by atoms with Gasteiger partial charge in [-0.3, -0.25) is 4.79 Å². The van der Waals surface area contributed by atoms with Crippen LogP contribution in [0.15, 0.2) is 49.3 Å². The van der Waals surface area contributed by atoms with Gasteiger partial charge in [-0.2, -0.15) is 5.10 Å². The topological polar surface area (TPSA) is 80.0 Å². The van der Waals surface area contributed by atoms with Gasteiger partial charge in [-0.1, -0.05) is 12.1 Å². The largest absolute Gasteiger partial charge is 0.353 e. The Morgan fingerprint density at radius 2 is 1.74 bits per heavy atom. The molecule has 27 heavy (non-hydrogen) atoms. The van der Waals surface area contributed by atoms with Gasteiger partial charge in [0.1, 0.15) is 30.6 Å². The third kappa shape index (κ3) is 3.91. The highest BCUT2D eigenvalue weighted by atomic mass is 19.1. The predicted octanol–water partition coefficient (Wildman–Crippen LogP) is 1.09. The molecule has 0 unspecified atom stereocenters. The lowest BCUT2D eigenvalue weighted by atomic mass is 10.1. The average molecular weight is 367 g/mol. The smallest absolute Gasteiger partial charge is 0.227 e. The summed E-state index contributed by atoms with van der Waals surface area (Å²) in [6.07, 6.45) is 4.81. The van der Waals surface area contributed by atoms with E-state index in [9.17, 15) is 9.18 Å². The molecule has 1 fully saturated rings. The fourth-order valence-electron chi connectivity index (χ4n) is 3.04. The summed E-state index contributed by atoms with van der Waals surface area (Å²) in [4.78, 5) is 28.9. The predicted molar refractivity (Wildman–Crippen MR) is 95.8 cm³/mol. The van der Waals surface area contributed by atoms with Crippen LogP contribution >= 0.6 is 0 Å². The lowest BCUT2D eigenvalue weighted by molar-refractivity contribution is -0.130. The Morgan fingerprint density at radius 1 is 1.00 bits per heavy atom. The maximum atomic E-state index is 13.0. The number of hydrogen-bond acceptors (Lipinski definition) is 6. The fraction of sp³-hybridized carbons (Fsp3) is 0.278. The first kappa shape index (κ1) is 17.1. The van der Waals surface area contributed by atoms with E-state index in [1.807, 2.05) is 11.0 Å². The number of carbonyl (C=O) groups is 1. The number of amides is 1. The van der Waals surface area contributed by atoms with E-state index in [2.05, 4.69) is 25.0 Å². The van der Waals surface area contributed by atoms with Crippen molar-refractivity contribution in [2.75, 3.05) is 31.1 Å². The van der Waals surface area contributed by atoms with Crippen molar-refractivity contribution in [2.45, 2.75) is 6.42 Å². The molecule has 0 spiro atoms. The van der Waals surface area contributed by atoms with Crippen molar-refractivity contribution in [3.8, 4) is 5.82 Å². The van der Waals surface area contributed by atoms with Gasteiger partial charge in [0.15, 0.2) is 5.82 Å². The maximum absolute atomic E-state index is 13.0. The minimum atomic E-state index is -0.296.